The van der Waals surface area contributed by atoms with Crippen LogP contribution in [0.25, 0.3) is 0 Å². The van der Waals surface area contributed by atoms with Gasteiger partial charge in [0.2, 0.25) is 0 Å². The third kappa shape index (κ3) is 4.53. The van der Waals surface area contributed by atoms with E-state index in [2.05, 4.69) is 23.7 Å². The summed E-state index contributed by atoms with van der Waals surface area (Å²) in [6, 6.07) is 7.75. The number of nitrogens with two attached hydrogens (primary N) is 1. The van der Waals surface area contributed by atoms with E-state index >= 15 is 0 Å². The lowest BCUT2D eigenvalue weighted by molar-refractivity contribution is -0.0464. The van der Waals surface area contributed by atoms with Gasteiger partial charge in [0.05, 0.1) is 13.2 Å². The van der Waals surface area contributed by atoms with E-state index in [1.807, 2.05) is 24.3 Å². The van der Waals surface area contributed by atoms with Crippen molar-refractivity contribution in [2.24, 2.45) is 5.73 Å². The van der Waals surface area contributed by atoms with Crippen molar-refractivity contribution < 1.29 is 9.47 Å². The topological polar surface area (TPSA) is 47.7 Å². The monoisotopic (exact) mass is 274 g/mol. The second-order valence-corrected chi connectivity index (χ2v) is 4.73. The van der Waals surface area contributed by atoms with E-state index < -0.39 is 0 Å². The Bertz CT molecular complexity index is 462. The second-order valence-electron chi connectivity index (χ2n) is 4.73. The van der Waals surface area contributed by atoms with E-state index in [0.29, 0.717) is 13.2 Å². The van der Waals surface area contributed by atoms with Gasteiger partial charge < -0.3 is 15.2 Å². The molecule has 2 rings (SSSR count). The highest BCUT2D eigenvalue weighted by Crippen LogP contribution is 2.13. The van der Waals surface area contributed by atoms with Crippen LogP contribution in [0.4, 0.5) is 0 Å². The van der Waals surface area contributed by atoms with E-state index in [4.69, 9.17) is 15.2 Å². The Morgan fingerprint density at radius 2 is 2.20 bits per heavy atom. The summed E-state index contributed by atoms with van der Waals surface area (Å²) < 4.78 is 11.5. The van der Waals surface area contributed by atoms with Crippen molar-refractivity contribution >= 4 is 0 Å². The molecule has 4 heteroatoms. The molecule has 0 aromatic heterocycles. The number of hydrogen-bond donors (Lipinski definition) is 1. The van der Waals surface area contributed by atoms with Gasteiger partial charge in [-0.25, -0.2) is 0 Å². The van der Waals surface area contributed by atoms with E-state index in [-0.39, 0.29) is 6.10 Å². The normalized spacial score (nSPS) is 19.2. The van der Waals surface area contributed by atoms with Crippen LogP contribution in [0.1, 0.15) is 12.5 Å². The molecule has 0 radical (unpaired) electrons. The molecule has 1 atom stereocenters. The summed E-state index contributed by atoms with van der Waals surface area (Å²) in [6.07, 6.45) is 0.153. The SMILES string of the molecule is CCN1CCOC(COc2ccc(C#CCN)cc2)C1. The van der Waals surface area contributed by atoms with Crippen LogP contribution >= 0.6 is 0 Å². The summed E-state index contributed by atoms with van der Waals surface area (Å²) in [4.78, 5) is 2.38. The summed E-state index contributed by atoms with van der Waals surface area (Å²) in [5.41, 5.74) is 6.30. The molecular weight excluding hydrogens is 252 g/mol. The van der Waals surface area contributed by atoms with Crippen LogP contribution in [0, 0.1) is 11.8 Å². The smallest absolute Gasteiger partial charge is 0.119 e. The van der Waals surface area contributed by atoms with Gasteiger partial charge in [-0.1, -0.05) is 18.8 Å². The summed E-state index contributed by atoms with van der Waals surface area (Å²) in [7, 11) is 0. The first kappa shape index (κ1) is 14.9. The zero-order chi connectivity index (χ0) is 14.2. The van der Waals surface area contributed by atoms with Gasteiger partial charge in [0.1, 0.15) is 18.5 Å². The van der Waals surface area contributed by atoms with Gasteiger partial charge in [-0.2, -0.15) is 0 Å². The maximum absolute atomic E-state index is 5.77. The number of morpholine rings is 1. The van der Waals surface area contributed by atoms with Gasteiger partial charge in [-0.3, -0.25) is 4.90 Å². The van der Waals surface area contributed by atoms with Gasteiger partial charge in [0.25, 0.3) is 0 Å². The zero-order valence-corrected chi connectivity index (χ0v) is 12.0. The van der Waals surface area contributed by atoms with Crippen molar-refractivity contribution in [1.29, 1.82) is 0 Å². The molecule has 1 aromatic rings. The van der Waals surface area contributed by atoms with Crippen LogP contribution in [-0.4, -0.2) is 50.4 Å². The Balaban J connectivity index is 1.81. The van der Waals surface area contributed by atoms with E-state index in [9.17, 15) is 0 Å². The third-order valence-corrected chi connectivity index (χ3v) is 3.30. The van der Waals surface area contributed by atoms with E-state index in [0.717, 1.165) is 37.6 Å². The molecule has 1 aliphatic rings. The maximum Gasteiger partial charge on any atom is 0.119 e. The van der Waals surface area contributed by atoms with Crippen LogP contribution in [-0.2, 0) is 4.74 Å². The number of hydrogen-bond acceptors (Lipinski definition) is 4. The van der Waals surface area contributed by atoms with Gasteiger partial charge in [0, 0.05) is 18.7 Å². The maximum atomic E-state index is 5.77. The lowest BCUT2D eigenvalue weighted by atomic mass is 10.2. The molecule has 0 saturated carbocycles. The van der Waals surface area contributed by atoms with Gasteiger partial charge in [-0.05, 0) is 30.8 Å². The Morgan fingerprint density at radius 1 is 1.40 bits per heavy atom. The molecular formula is C16H22N2O2. The molecule has 0 aliphatic carbocycles. The molecule has 1 aliphatic heterocycles. The number of likely N-dealkylation sites (N-methyl/N-ethyl adjacent to an activating group) is 1. The minimum Gasteiger partial charge on any atom is -0.491 e. The molecule has 1 heterocycles. The van der Waals surface area contributed by atoms with E-state index in [1.165, 1.54) is 0 Å². The van der Waals surface area contributed by atoms with Crippen LogP contribution in [0.5, 0.6) is 5.75 Å². The van der Waals surface area contributed by atoms with Crippen molar-refractivity contribution in [2.75, 3.05) is 39.4 Å². The standard InChI is InChI=1S/C16H22N2O2/c1-2-18-10-11-19-16(12-18)13-20-15-7-5-14(6-8-15)4-3-9-17/h5-8,16H,2,9-13,17H2,1H3. The quantitative estimate of drug-likeness (QED) is 0.835. The van der Waals surface area contributed by atoms with Crippen LogP contribution < -0.4 is 10.5 Å². The molecule has 0 amide bonds. The molecule has 20 heavy (non-hydrogen) atoms. The average Bonchev–Trinajstić information content (AvgIpc) is 2.52. The van der Waals surface area contributed by atoms with Crippen molar-refractivity contribution in [3.8, 4) is 17.6 Å². The van der Waals surface area contributed by atoms with Crippen molar-refractivity contribution in [1.82, 2.24) is 4.90 Å². The summed E-state index contributed by atoms with van der Waals surface area (Å²) in [5, 5.41) is 0. The fourth-order valence-electron chi connectivity index (χ4n) is 2.15. The third-order valence-electron chi connectivity index (χ3n) is 3.30. The molecule has 1 unspecified atom stereocenters. The fourth-order valence-corrected chi connectivity index (χ4v) is 2.15. The highest BCUT2D eigenvalue weighted by molar-refractivity contribution is 5.38. The molecule has 1 fully saturated rings. The van der Waals surface area contributed by atoms with Gasteiger partial charge >= 0.3 is 0 Å². The largest absolute Gasteiger partial charge is 0.491 e. The predicted molar refractivity (Wildman–Crippen MR) is 79.7 cm³/mol. The Labute approximate surface area is 120 Å². The van der Waals surface area contributed by atoms with E-state index in [1.54, 1.807) is 0 Å². The van der Waals surface area contributed by atoms with Crippen molar-refractivity contribution in [2.45, 2.75) is 13.0 Å². The number of rotatable bonds is 4. The zero-order valence-electron chi connectivity index (χ0n) is 12.0. The minimum atomic E-state index is 0.153. The molecule has 1 aromatic carbocycles. The van der Waals surface area contributed by atoms with Crippen LogP contribution in [0.15, 0.2) is 24.3 Å². The minimum absolute atomic E-state index is 0.153. The highest BCUT2D eigenvalue weighted by atomic mass is 16.5. The first-order chi connectivity index (χ1) is 9.81. The highest BCUT2D eigenvalue weighted by Gasteiger charge is 2.19. The summed E-state index contributed by atoms with van der Waals surface area (Å²) in [5.74, 6) is 6.67. The molecule has 0 bridgehead atoms. The van der Waals surface area contributed by atoms with Crippen LogP contribution in [0.3, 0.4) is 0 Å². The molecule has 2 N–H and O–H groups in total. The van der Waals surface area contributed by atoms with Crippen molar-refractivity contribution in [3.05, 3.63) is 29.8 Å². The average molecular weight is 274 g/mol. The Kier molecular flexibility index (Phi) is 5.87. The molecule has 0 spiro atoms. The van der Waals surface area contributed by atoms with Crippen molar-refractivity contribution in [3.63, 3.8) is 0 Å². The summed E-state index contributed by atoms with van der Waals surface area (Å²) >= 11 is 0. The number of nitrogens with zero attached hydrogens (tertiary/aromatic N) is 1. The molecule has 108 valence electrons. The summed E-state index contributed by atoms with van der Waals surface area (Å²) in [6.45, 7) is 6.95. The molecule has 4 nitrogen and oxygen atoms in total. The number of benzene rings is 1. The lowest BCUT2D eigenvalue weighted by Crippen LogP contribution is -2.44. The second kappa shape index (κ2) is 7.91. The fraction of sp³-hybridized carbons (Fsp3) is 0.500. The van der Waals surface area contributed by atoms with Gasteiger partial charge in [-0.15, -0.1) is 0 Å². The Morgan fingerprint density at radius 3 is 2.90 bits per heavy atom. The van der Waals surface area contributed by atoms with Gasteiger partial charge in [0.15, 0.2) is 0 Å². The number of ether oxygens (including phenoxy) is 2. The first-order valence-corrected chi connectivity index (χ1v) is 7.07. The molecule has 1 saturated heterocycles. The van der Waals surface area contributed by atoms with Crippen LogP contribution in [0.2, 0.25) is 0 Å². The first-order valence-electron chi connectivity index (χ1n) is 7.07. The predicted octanol–water partition coefficient (Wildman–Crippen LogP) is 1.10. The Hall–Kier alpha value is -1.54. The lowest BCUT2D eigenvalue weighted by Gasteiger charge is -2.31.